The van der Waals surface area contributed by atoms with Crippen molar-refractivity contribution in [1.82, 2.24) is 25.4 Å². The lowest BCUT2D eigenvalue weighted by Crippen LogP contribution is -2.62. The Balaban J connectivity index is 1.32. The molecule has 4 N–H and O–H groups in total. The second-order valence-electron chi connectivity index (χ2n) is 13.6. The Kier molecular flexibility index (Phi) is 10.8. The van der Waals surface area contributed by atoms with Gasteiger partial charge in [-0.2, -0.15) is 0 Å². The minimum absolute atomic E-state index is 0.0716. The Bertz CT molecular complexity index is 1450. The van der Waals surface area contributed by atoms with Crippen molar-refractivity contribution in [2.24, 2.45) is 5.92 Å². The van der Waals surface area contributed by atoms with Gasteiger partial charge in [-0.3, -0.25) is 24.4 Å². The van der Waals surface area contributed by atoms with E-state index in [9.17, 15) is 19.8 Å². The zero-order valence-corrected chi connectivity index (χ0v) is 26.8. The summed E-state index contributed by atoms with van der Waals surface area (Å²) in [5.74, 6) is -1.98. The number of carbonyl (C=O) groups excluding carboxylic acids is 2. The van der Waals surface area contributed by atoms with Gasteiger partial charge >= 0.3 is 0 Å². The Hall–Kier alpha value is -3.70. The molecule has 5 rings (SSSR count). The molecule has 2 aromatic carbocycles. The van der Waals surface area contributed by atoms with Gasteiger partial charge in [0.2, 0.25) is 11.8 Å². The van der Waals surface area contributed by atoms with Crippen LogP contribution in [0.25, 0.3) is 0 Å². The molecule has 10 heteroatoms. The summed E-state index contributed by atoms with van der Waals surface area (Å²) in [5.41, 5.74) is 3.07. The molecule has 0 radical (unpaired) electrons. The first-order valence-electron chi connectivity index (χ1n) is 16.1. The van der Waals surface area contributed by atoms with Gasteiger partial charge in [0, 0.05) is 57.1 Å². The lowest BCUT2D eigenvalue weighted by molar-refractivity contribution is -0.135. The molecular weight excluding hydrogens is 585 g/mol. The number of β-amino-alcohol motifs (C(OH)–C–C–N with tert-alkyl or cyclic N) is 1. The first-order chi connectivity index (χ1) is 22.0. The van der Waals surface area contributed by atoms with E-state index in [-0.39, 0.29) is 18.9 Å². The van der Waals surface area contributed by atoms with Crippen molar-refractivity contribution in [3.05, 3.63) is 101 Å². The number of benzene rings is 2. The van der Waals surface area contributed by atoms with Crippen molar-refractivity contribution in [3.8, 4) is 0 Å². The SMILES string of the molecule is CC(C)(C)NC(=O)[C@@H]1CN(Cc2cccnc2)CCN1C[C@H](O)[C@H](F)[C@@H](Cc1ccccc1)C(=O)NC1c2ccccc2C[C@H]1O. The molecule has 2 aliphatic rings. The van der Waals surface area contributed by atoms with Crippen LogP contribution in [0.4, 0.5) is 4.39 Å². The summed E-state index contributed by atoms with van der Waals surface area (Å²) in [6, 6.07) is 19.2. The number of aliphatic hydroxyl groups is 2. The van der Waals surface area contributed by atoms with Gasteiger partial charge in [0.15, 0.2) is 0 Å². The fraction of sp³-hybridized carbons (Fsp3) is 0.472. The molecule has 0 saturated carbocycles. The van der Waals surface area contributed by atoms with Crippen molar-refractivity contribution in [2.45, 2.75) is 76.2 Å². The first kappa shape index (κ1) is 33.7. The zero-order chi connectivity index (χ0) is 32.8. The van der Waals surface area contributed by atoms with Crippen LogP contribution in [0.15, 0.2) is 79.1 Å². The molecule has 1 aromatic heterocycles. The quantitative estimate of drug-likeness (QED) is 0.257. The average molecular weight is 632 g/mol. The smallest absolute Gasteiger partial charge is 0.239 e. The van der Waals surface area contributed by atoms with E-state index in [1.807, 2.05) is 92.4 Å². The molecule has 9 nitrogen and oxygen atoms in total. The molecule has 0 spiro atoms. The third kappa shape index (κ3) is 8.55. The number of rotatable bonds is 11. The summed E-state index contributed by atoms with van der Waals surface area (Å²) >= 11 is 0. The second-order valence-corrected chi connectivity index (χ2v) is 13.6. The molecule has 1 aliphatic carbocycles. The highest BCUT2D eigenvalue weighted by molar-refractivity contribution is 5.83. The van der Waals surface area contributed by atoms with E-state index in [0.29, 0.717) is 32.6 Å². The Morgan fingerprint density at radius 1 is 1.02 bits per heavy atom. The number of hydrogen-bond donors (Lipinski definition) is 4. The zero-order valence-electron chi connectivity index (χ0n) is 26.8. The number of nitrogens with one attached hydrogen (secondary N) is 2. The second kappa shape index (κ2) is 14.8. The highest BCUT2D eigenvalue weighted by atomic mass is 19.1. The fourth-order valence-electron chi connectivity index (χ4n) is 6.53. The molecule has 1 aliphatic heterocycles. The maximum absolute atomic E-state index is 16.5. The lowest BCUT2D eigenvalue weighted by atomic mass is 9.90. The molecule has 6 atom stereocenters. The van der Waals surface area contributed by atoms with Crippen LogP contribution in [0, 0.1) is 5.92 Å². The number of pyridine rings is 1. The van der Waals surface area contributed by atoms with Crippen LogP contribution in [0.1, 0.15) is 49.1 Å². The standard InChI is InChI=1S/C36H46FN5O4/c1-36(2,3)40-35(46)29-22-41(21-25-12-9-15-38-20-25)16-17-42(29)23-31(44)32(37)28(18-24-10-5-4-6-11-24)34(45)39-33-27-14-8-7-13-26(27)19-30(33)43/h4-15,20,28-33,43-44H,16-19,21-23H2,1-3H3,(H,39,45)(H,40,46)/t28-,29+,30-,31+,32-,33?/m1/s1. The van der Waals surface area contributed by atoms with Crippen LogP contribution >= 0.6 is 0 Å². The molecule has 46 heavy (non-hydrogen) atoms. The molecule has 3 aromatic rings. The summed E-state index contributed by atoms with van der Waals surface area (Å²) in [7, 11) is 0. The molecule has 1 fully saturated rings. The number of piperazine rings is 1. The number of aromatic nitrogens is 1. The van der Waals surface area contributed by atoms with Crippen molar-refractivity contribution in [3.63, 3.8) is 0 Å². The minimum Gasteiger partial charge on any atom is -0.390 e. The molecule has 2 amide bonds. The number of nitrogens with zero attached hydrogens (tertiary/aromatic N) is 3. The Morgan fingerprint density at radius 3 is 2.46 bits per heavy atom. The topological polar surface area (TPSA) is 118 Å². The molecule has 246 valence electrons. The third-order valence-corrected chi connectivity index (χ3v) is 8.82. The molecular formula is C36H46FN5O4. The van der Waals surface area contributed by atoms with E-state index in [4.69, 9.17) is 0 Å². The van der Waals surface area contributed by atoms with Gasteiger partial charge in [-0.1, -0.05) is 60.7 Å². The van der Waals surface area contributed by atoms with Gasteiger partial charge in [-0.05, 0) is 55.5 Å². The molecule has 0 bridgehead atoms. The summed E-state index contributed by atoms with van der Waals surface area (Å²) in [4.78, 5) is 35.5. The summed E-state index contributed by atoms with van der Waals surface area (Å²) in [6.07, 6.45) is -0.292. The van der Waals surface area contributed by atoms with Gasteiger partial charge in [0.25, 0.3) is 0 Å². The van der Waals surface area contributed by atoms with Crippen molar-refractivity contribution >= 4 is 11.8 Å². The monoisotopic (exact) mass is 631 g/mol. The van der Waals surface area contributed by atoms with Crippen LogP contribution in [0.2, 0.25) is 0 Å². The van der Waals surface area contributed by atoms with Crippen molar-refractivity contribution in [2.75, 3.05) is 26.2 Å². The minimum atomic E-state index is -1.92. The highest BCUT2D eigenvalue weighted by Crippen LogP contribution is 2.32. The normalized spacial score (nSPS) is 22.4. The number of aliphatic hydroxyl groups excluding tert-OH is 2. The van der Waals surface area contributed by atoms with Crippen LogP contribution in [0.3, 0.4) is 0 Å². The van der Waals surface area contributed by atoms with Crippen molar-refractivity contribution < 1.29 is 24.2 Å². The van der Waals surface area contributed by atoms with E-state index in [1.54, 1.807) is 12.4 Å². The van der Waals surface area contributed by atoms with E-state index in [0.717, 1.165) is 22.3 Å². The van der Waals surface area contributed by atoms with Crippen LogP contribution in [0.5, 0.6) is 0 Å². The number of amides is 2. The van der Waals surface area contributed by atoms with Gasteiger partial charge in [-0.15, -0.1) is 0 Å². The third-order valence-electron chi connectivity index (χ3n) is 8.82. The Labute approximate surface area is 270 Å². The first-order valence-corrected chi connectivity index (χ1v) is 16.1. The maximum atomic E-state index is 16.5. The van der Waals surface area contributed by atoms with Gasteiger partial charge < -0.3 is 20.8 Å². The van der Waals surface area contributed by atoms with Crippen molar-refractivity contribution in [1.29, 1.82) is 0 Å². The molecule has 1 unspecified atom stereocenters. The van der Waals surface area contributed by atoms with E-state index >= 15 is 4.39 Å². The molecule has 2 heterocycles. The van der Waals surface area contributed by atoms with E-state index in [2.05, 4.69) is 20.5 Å². The van der Waals surface area contributed by atoms with Crippen LogP contribution in [-0.2, 0) is 29.0 Å². The molecule has 1 saturated heterocycles. The predicted molar refractivity (Wildman–Crippen MR) is 174 cm³/mol. The van der Waals surface area contributed by atoms with Gasteiger partial charge in [0.1, 0.15) is 12.2 Å². The average Bonchev–Trinajstić information content (AvgIpc) is 3.34. The van der Waals surface area contributed by atoms with E-state index in [1.165, 1.54) is 0 Å². The lowest BCUT2D eigenvalue weighted by Gasteiger charge is -2.42. The number of halogens is 1. The number of alkyl halides is 1. The summed E-state index contributed by atoms with van der Waals surface area (Å²) in [6.45, 7) is 7.67. The number of fused-ring (bicyclic) bond motifs is 1. The van der Waals surface area contributed by atoms with Crippen LogP contribution in [-0.4, -0.2) is 93.0 Å². The highest BCUT2D eigenvalue weighted by Gasteiger charge is 2.41. The summed E-state index contributed by atoms with van der Waals surface area (Å²) < 4.78 is 16.5. The van der Waals surface area contributed by atoms with Gasteiger partial charge in [-0.25, -0.2) is 4.39 Å². The largest absolute Gasteiger partial charge is 0.390 e. The van der Waals surface area contributed by atoms with Gasteiger partial charge in [0.05, 0.1) is 24.2 Å². The number of hydrogen-bond acceptors (Lipinski definition) is 7. The number of carbonyl (C=O) groups is 2. The maximum Gasteiger partial charge on any atom is 0.239 e. The Morgan fingerprint density at radius 2 is 1.74 bits per heavy atom. The summed E-state index contributed by atoms with van der Waals surface area (Å²) in [5, 5.41) is 28.1. The fourth-order valence-corrected chi connectivity index (χ4v) is 6.53. The van der Waals surface area contributed by atoms with E-state index < -0.39 is 47.8 Å². The predicted octanol–water partition coefficient (Wildman–Crippen LogP) is 2.81. The van der Waals surface area contributed by atoms with Crippen LogP contribution < -0.4 is 10.6 Å².